The molecule has 0 aromatic carbocycles. The molecule has 94 valence electrons. The fourth-order valence-corrected chi connectivity index (χ4v) is 2.40. The van der Waals surface area contributed by atoms with Crippen molar-refractivity contribution in [2.24, 2.45) is 0 Å². The Labute approximate surface area is 102 Å². The van der Waals surface area contributed by atoms with Crippen molar-refractivity contribution in [3.05, 3.63) is 11.8 Å². The number of anilines is 1. The summed E-state index contributed by atoms with van der Waals surface area (Å²) in [5, 5.41) is 4.12. The van der Waals surface area contributed by atoms with Gasteiger partial charge in [-0.3, -0.25) is 9.48 Å². The van der Waals surface area contributed by atoms with Gasteiger partial charge in [0.25, 0.3) is 5.91 Å². The molecule has 0 saturated carbocycles. The van der Waals surface area contributed by atoms with Crippen LogP contribution in [0.5, 0.6) is 0 Å². The third-order valence-corrected chi connectivity index (χ3v) is 3.38. The number of likely N-dealkylation sites (tertiary alicyclic amines) is 1. The lowest BCUT2D eigenvalue weighted by atomic mass is 10.0. The van der Waals surface area contributed by atoms with Crippen LogP contribution in [-0.2, 0) is 6.54 Å². The zero-order chi connectivity index (χ0) is 12.4. The fraction of sp³-hybridized carbons (Fsp3) is 0.667. The maximum atomic E-state index is 12.4. The molecular formula is C12H20N4O. The Kier molecular flexibility index (Phi) is 3.36. The molecule has 1 amide bonds. The summed E-state index contributed by atoms with van der Waals surface area (Å²) < 4.78 is 1.68. The first-order valence-electron chi connectivity index (χ1n) is 6.27. The summed E-state index contributed by atoms with van der Waals surface area (Å²) in [6.07, 6.45) is 3.38. The van der Waals surface area contributed by atoms with Gasteiger partial charge < -0.3 is 10.6 Å². The van der Waals surface area contributed by atoms with Crippen LogP contribution >= 0.6 is 0 Å². The van der Waals surface area contributed by atoms with Crippen LogP contribution in [0, 0.1) is 0 Å². The molecule has 1 aliphatic rings. The van der Waals surface area contributed by atoms with Crippen molar-refractivity contribution in [2.45, 2.75) is 45.7 Å². The maximum Gasteiger partial charge on any atom is 0.272 e. The Morgan fingerprint density at radius 2 is 2.35 bits per heavy atom. The van der Waals surface area contributed by atoms with E-state index >= 15 is 0 Å². The van der Waals surface area contributed by atoms with Crippen molar-refractivity contribution in [3.63, 3.8) is 0 Å². The lowest BCUT2D eigenvalue weighted by Gasteiger charge is -2.33. The van der Waals surface area contributed by atoms with Crippen molar-refractivity contribution in [3.8, 4) is 0 Å². The second kappa shape index (κ2) is 4.77. The summed E-state index contributed by atoms with van der Waals surface area (Å²) in [4.78, 5) is 14.3. The fourth-order valence-electron chi connectivity index (χ4n) is 2.40. The minimum Gasteiger partial charge on any atom is -0.382 e. The van der Waals surface area contributed by atoms with Crippen LogP contribution in [0.25, 0.3) is 0 Å². The number of nitrogens with two attached hydrogens (primary N) is 1. The number of nitrogens with zero attached hydrogens (tertiary/aromatic N) is 3. The van der Waals surface area contributed by atoms with Crippen molar-refractivity contribution in [2.75, 3.05) is 12.3 Å². The van der Waals surface area contributed by atoms with Gasteiger partial charge in [0.1, 0.15) is 11.5 Å². The highest BCUT2D eigenvalue weighted by Crippen LogP contribution is 2.20. The van der Waals surface area contributed by atoms with E-state index in [0.717, 1.165) is 19.4 Å². The zero-order valence-corrected chi connectivity index (χ0v) is 10.5. The van der Waals surface area contributed by atoms with Gasteiger partial charge in [0.15, 0.2) is 0 Å². The van der Waals surface area contributed by atoms with Crippen molar-refractivity contribution in [1.29, 1.82) is 0 Å². The van der Waals surface area contributed by atoms with Crippen LogP contribution < -0.4 is 5.73 Å². The number of piperidine rings is 1. The van der Waals surface area contributed by atoms with Crippen molar-refractivity contribution >= 4 is 11.7 Å². The number of hydrogen-bond donors (Lipinski definition) is 1. The van der Waals surface area contributed by atoms with E-state index in [2.05, 4.69) is 12.0 Å². The molecule has 1 aromatic heterocycles. The van der Waals surface area contributed by atoms with Gasteiger partial charge in [-0.15, -0.1) is 0 Å². The lowest BCUT2D eigenvalue weighted by Crippen LogP contribution is -2.42. The predicted octanol–water partition coefficient (Wildman–Crippen LogP) is 1.50. The first-order valence-corrected chi connectivity index (χ1v) is 6.27. The van der Waals surface area contributed by atoms with Crippen LogP contribution in [0.15, 0.2) is 6.07 Å². The Morgan fingerprint density at radius 1 is 1.59 bits per heavy atom. The Morgan fingerprint density at radius 3 is 3.00 bits per heavy atom. The summed E-state index contributed by atoms with van der Waals surface area (Å²) in [5.41, 5.74) is 6.26. The Hall–Kier alpha value is -1.52. The summed E-state index contributed by atoms with van der Waals surface area (Å²) in [6, 6.07) is 1.99. The number of amides is 1. The summed E-state index contributed by atoms with van der Waals surface area (Å²) in [7, 11) is 0. The average molecular weight is 236 g/mol. The first kappa shape index (κ1) is 12.0. The number of aromatic nitrogens is 2. The van der Waals surface area contributed by atoms with E-state index in [-0.39, 0.29) is 5.91 Å². The van der Waals surface area contributed by atoms with Gasteiger partial charge in [0.05, 0.1) is 0 Å². The monoisotopic (exact) mass is 236 g/mol. The third-order valence-electron chi connectivity index (χ3n) is 3.38. The molecule has 2 rings (SSSR count). The molecule has 5 nitrogen and oxygen atoms in total. The second-order valence-electron chi connectivity index (χ2n) is 4.61. The van der Waals surface area contributed by atoms with E-state index in [1.165, 1.54) is 6.42 Å². The second-order valence-corrected chi connectivity index (χ2v) is 4.61. The molecule has 0 bridgehead atoms. The average Bonchev–Trinajstić information content (AvgIpc) is 2.70. The zero-order valence-electron chi connectivity index (χ0n) is 10.5. The van der Waals surface area contributed by atoms with Gasteiger partial charge in [0, 0.05) is 25.2 Å². The van der Waals surface area contributed by atoms with Gasteiger partial charge in [-0.1, -0.05) is 0 Å². The van der Waals surface area contributed by atoms with E-state index in [0.29, 0.717) is 24.1 Å². The van der Waals surface area contributed by atoms with Crippen LogP contribution in [0.4, 0.5) is 5.82 Å². The molecule has 0 unspecified atom stereocenters. The topological polar surface area (TPSA) is 64.2 Å². The highest BCUT2D eigenvalue weighted by atomic mass is 16.2. The Bertz CT molecular complexity index is 413. The molecule has 0 radical (unpaired) electrons. The van der Waals surface area contributed by atoms with E-state index in [1.54, 1.807) is 10.7 Å². The molecule has 0 spiro atoms. The lowest BCUT2D eigenvalue weighted by molar-refractivity contribution is 0.0623. The molecule has 17 heavy (non-hydrogen) atoms. The van der Waals surface area contributed by atoms with Gasteiger partial charge >= 0.3 is 0 Å². The standard InChI is InChI=1S/C12H20N4O/c1-3-16-10(8-11(13)14-16)12(17)15-7-5-4-6-9(15)2/h8-9H,3-7H2,1-2H3,(H2,13,14)/t9-/m0/s1. The molecule has 2 N–H and O–H groups in total. The molecule has 2 heterocycles. The number of aryl methyl sites for hydroxylation is 1. The van der Waals surface area contributed by atoms with Crippen LogP contribution in [0.1, 0.15) is 43.6 Å². The number of carbonyl (C=O) groups excluding carboxylic acids is 1. The summed E-state index contributed by atoms with van der Waals surface area (Å²) in [5.74, 6) is 0.475. The molecule has 1 saturated heterocycles. The normalized spacial score (nSPS) is 20.6. The van der Waals surface area contributed by atoms with Crippen molar-refractivity contribution in [1.82, 2.24) is 14.7 Å². The van der Waals surface area contributed by atoms with E-state index in [4.69, 9.17) is 5.73 Å². The maximum absolute atomic E-state index is 12.4. The number of hydrogen-bond acceptors (Lipinski definition) is 3. The number of nitrogen functional groups attached to an aromatic ring is 1. The largest absolute Gasteiger partial charge is 0.382 e. The van der Waals surface area contributed by atoms with E-state index < -0.39 is 0 Å². The van der Waals surface area contributed by atoms with Crippen LogP contribution in [0.3, 0.4) is 0 Å². The molecule has 0 aliphatic carbocycles. The van der Waals surface area contributed by atoms with Gasteiger partial charge in [-0.05, 0) is 33.1 Å². The smallest absolute Gasteiger partial charge is 0.272 e. The first-order chi connectivity index (χ1) is 8.13. The van der Waals surface area contributed by atoms with Gasteiger partial charge in [0.2, 0.25) is 0 Å². The highest BCUT2D eigenvalue weighted by Gasteiger charge is 2.26. The van der Waals surface area contributed by atoms with Gasteiger partial charge in [-0.25, -0.2) is 0 Å². The molecular weight excluding hydrogens is 216 g/mol. The SMILES string of the molecule is CCn1nc(N)cc1C(=O)N1CCCC[C@@H]1C. The molecule has 5 heteroatoms. The van der Waals surface area contributed by atoms with E-state index in [1.807, 2.05) is 11.8 Å². The minimum absolute atomic E-state index is 0.0586. The summed E-state index contributed by atoms with van der Waals surface area (Å²) >= 11 is 0. The minimum atomic E-state index is 0.0586. The molecule has 1 fully saturated rings. The molecule has 1 aromatic rings. The number of carbonyl (C=O) groups is 1. The van der Waals surface area contributed by atoms with Gasteiger partial charge in [-0.2, -0.15) is 5.10 Å². The highest BCUT2D eigenvalue weighted by molar-refractivity contribution is 5.93. The predicted molar refractivity (Wildman–Crippen MR) is 66.7 cm³/mol. The van der Waals surface area contributed by atoms with Crippen LogP contribution in [0.2, 0.25) is 0 Å². The van der Waals surface area contributed by atoms with Crippen molar-refractivity contribution < 1.29 is 4.79 Å². The Balaban J connectivity index is 2.23. The summed E-state index contributed by atoms with van der Waals surface area (Å²) in [6.45, 7) is 5.57. The quantitative estimate of drug-likeness (QED) is 0.846. The van der Waals surface area contributed by atoms with E-state index in [9.17, 15) is 4.79 Å². The molecule has 1 aliphatic heterocycles. The third kappa shape index (κ3) is 2.28. The molecule has 1 atom stereocenters. The number of rotatable bonds is 2. The van der Waals surface area contributed by atoms with Crippen LogP contribution in [-0.4, -0.2) is 33.2 Å².